The van der Waals surface area contributed by atoms with Crippen molar-refractivity contribution in [1.29, 1.82) is 5.26 Å². The van der Waals surface area contributed by atoms with Crippen LogP contribution in [0.1, 0.15) is 18.1 Å². The van der Waals surface area contributed by atoms with E-state index in [1.165, 1.54) is 48.5 Å². The number of nitro benzene ring substituents is 1. The second-order valence-electron chi connectivity index (χ2n) is 7.15. The Morgan fingerprint density at radius 3 is 2.60 bits per heavy atom. The largest absolute Gasteiger partial charge is 0.508 e. The molecule has 0 aliphatic heterocycles. The lowest BCUT2D eigenvalue weighted by molar-refractivity contribution is -0.384. The zero-order valence-corrected chi connectivity index (χ0v) is 19.3. The summed E-state index contributed by atoms with van der Waals surface area (Å²) < 4.78 is 11.4. The van der Waals surface area contributed by atoms with Crippen molar-refractivity contribution in [3.63, 3.8) is 0 Å². The molecule has 0 aromatic heterocycles. The zero-order valence-electron chi connectivity index (χ0n) is 18.5. The van der Waals surface area contributed by atoms with E-state index in [9.17, 15) is 25.3 Å². The number of carbonyl (C=O) groups excluding carboxylic acids is 1. The standard InChI is InChI=1S/C25H20ClN3O6/c1-2-34-23-13-17(10-18(14-27)25(31)28-19-6-8-21(30)9-7-19)12-22(26)24(23)35-15-16-4-3-5-20(11-16)29(32)33/h3-13,30H,2,15H2,1H3,(H,28,31)/b18-10+. The number of nitriles is 1. The molecule has 0 saturated heterocycles. The van der Waals surface area contributed by atoms with Crippen LogP contribution in [0.25, 0.3) is 6.08 Å². The second kappa shape index (κ2) is 11.5. The highest BCUT2D eigenvalue weighted by atomic mass is 35.5. The number of rotatable bonds is 9. The normalized spacial score (nSPS) is 10.8. The van der Waals surface area contributed by atoms with Crippen molar-refractivity contribution >= 4 is 35.0 Å². The second-order valence-corrected chi connectivity index (χ2v) is 7.56. The van der Waals surface area contributed by atoms with Crippen molar-refractivity contribution in [2.75, 3.05) is 11.9 Å². The molecule has 0 saturated carbocycles. The number of benzene rings is 3. The van der Waals surface area contributed by atoms with Gasteiger partial charge in [-0.15, -0.1) is 0 Å². The summed E-state index contributed by atoms with van der Waals surface area (Å²) in [7, 11) is 0. The van der Waals surface area contributed by atoms with Crippen LogP contribution in [0, 0.1) is 21.4 Å². The van der Waals surface area contributed by atoms with Crippen LogP contribution in [0.15, 0.2) is 66.2 Å². The molecule has 0 radical (unpaired) electrons. The maximum Gasteiger partial charge on any atom is 0.269 e. The fourth-order valence-corrected chi connectivity index (χ4v) is 3.32. The Balaban J connectivity index is 1.84. The maximum absolute atomic E-state index is 12.5. The quantitative estimate of drug-likeness (QED) is 0.132. The number of hydrogen-bond acceptors (Lipinski definition) is 7. The van der Waals surface area contributed by atoms with Crippen LogP contribution >= 0.6 is 11.6 Å². The molecule has 0 aliphatic carbocycles. The van der Waals surface area contributed by atoms with Crippen molar-refractivity contribution in [2.45, 2.75) is 13.5 Å². The third kappa shape index (κ3) is 6.72. The van der Waals surface area contributed by atoms with Crippen molar-refractivity contribution in [1.82, 2.24) is 0 Å². The molecule has 3 aromatic carbocycles. The van der Waals surface area contributed by atoms with Gasteiger partial charge in [0.1, 0.15) is 24.0 Å². The molecule has 0 fully saturated rings. The summed E-state index contributed by atoms with van der Waals surface area (Å²) in [6.07, 6.45) is 1.36. The summed E-state index contributed by atoms with van der Waals surface area (Å²) in [5, 5.41) is 32.6. The van der Waals surface area contributed by atoms with E-state index >= 15 is 0 Å². The molecule has 3 aromatic rings. The predicted octanol–water partition coefficient (Wildman–Crippen LogP) is 5.48. The monoisotopic (exact) mass is 493 g/mol. The van der Waals surface area contributed by atoms with Gasteiger partial charge in [-0.1, -0.05) is 23.7 Å². The molecule has 1 amide bonds. The van der Waals surface area contributed by atoms with Crippen molar-refractivity contribution < 1.29 is 24.3 Å². The topological polar surface area (TPSA) is 135 Å². The number of anilines is 1. The van der Waals surface area contributed by atoms with Gasteiger partial charge in [0.05, 0.1) is 16.6 Å². The van der Waals surface area contributed by atoms with Gasteiger partial charge in [0.2, 0.25) is 0 Å². The Morgan fingerprint density at radius 2 is 1.94 bits per heavy atom. The van der Waals surface area contributed by atoms with E-state index in [4.69, 9.17) is 21.1 Å². The average molecular weight is 494 g/mol. The molecule has 0 heterocycles. The number of nitro groups is 1. The van der Waals surface area contributed by atoms with Crippen molar-refractivity contribution in [3.05, 3.63) is 92.5 Å². The summed E-state index contributed by atoms with van der Waals surface area (Å²) >= 11 is 6.42. The summed E-state index contributed by atoms with van der Waals surface area (Å²) in [5.74, 6) is -0.0830. The van der Waals surface area contributed by atoms with Gasteiger partial charge in [-0.05, 0) is 60.5 Å². The number of hydrogen-bond donors (Lipinski definition) is 2. The molecule has 0 bridgehead atoms. The SMILES string of the molecule is CCOc1cc(/C=C(\C#N)C(=O)Nc2ccc(O)cc2)cc(Cl)c1OCc1cccc([N+](=O)[O-])c1. The van der Waals surface area contributed by atoms with Crippen LogP contribution in [-0.4, -0.2) is 22.5 Å². The van der Waals surface area contributed by atoms with Crippen molar-refractivity contribution in [2.24, 2.45) is 0 Å². The number of phenols is 1. The summed E-state index contributed by atoms with van der Waals surface area (Å²) in [6.45, 7) is 2.07. The van der Waals surface area contributed by atoms with Gasteiger partial charge in [0, 0.05) is 17.8 Å². The minimum absolute atomic E-state index is 0.00907. The van der Waals surface area contributed by atoms with E-state index in [1.54, 1.807) is 25.1 Å². The van der Waals surface area contributed by atoms with E-state index in [0.717, 1.165) is 0 Å². The highest BCUT2D eigenvalue weighted by Gasteiger charge is 2.16. The zero-order chi connectivity index (χ0) is 25.4. The van der Waals surface area contributed by atoms with Crippen LogP contribution < -0.4 is 14.8 Å². The first-order valence-corrected chi connectivity index (χ1v) is 10.7. The Hall–Kier alpha value is -4.55. The predicted molar refractivity (Wildman–Crippen MR) is 130 cm³/mol. The Kier molecular flexibility index (Phi) is 8.27. The first-order chi connectivity index (χ1) is 16.8. The van der Waals surface area contributed by atoms with Gasteiger partial charge < -0.3 is 19.9 Å². The third-order valence-electron chi connectivity index (χ3n) is 4.64. The number of non-ortho nitro benzene ring substituents is 1. The summed E-state index contributed by atoms with van der Waals surface area (Å²) in [4.78, 5) is 23.0. The number of phenolic OH excluding ortho intramolecular Hbond substituents is 1. The molecule has 0 unspecified atom stereocenters. The number of nitrogens with one attached hydrogen (secondary N) is 1. The molecule has 35 heavy (non-hydrogen) atoms. The molecule has 0 atom stereocenters. The van der Waals surface area contributed by atoms with Crippen LogP contribution in [0.3, 0.4) is 0 Å². The lowest BCUT2D eigenvalue weighted by Crippen LogP contribution is -2.13. The summed E-state index contributed by atoms with van der Waals surface area (Å²) in [6, 6.07) is 16.8. The van der Waals surface area contributed by atoms with Gasteiger partial charge >= 0.3 is 0 Å². The fraction of sp³-hybridized carbons (Fsp3) is 0.120. The molecule has 9 nitrogen and oxygen atoms in total. The van der Waals surface area contributed by atoms with E-state index < -0.39 is 10.8 Å². The van der Waals surface area contributed by atoms with E-state index in [2.05, 4.69) is 5.32 Å². The van der Waals surface area contributed by atoms with E-state index in [0.29, 0.717) is 23.4 Å². The van der Waals surface area contributed by atoms with Crippen molar-refractivity contribution in [3.8, 4) is 23.3 Å². The minimum Gasteiger partial charge on any atom is -0.508 e. The third-order valence-corrected chi connectivity index (χ3v) is 4.92. The molecular weight excluding hydrogens is 474 g/mol. The Labute approximate surface area is 205 Å². The number of ether oxygens (including phenoxy) is 2. The Morgan fingerprint density at radius 1 is 1.20 bits per heavy atom. The Bertz CT molecular complexity index is 1320. The number of amides is 1. The van der Waals surface area contributed by atoms with Crippen LogP contribution in [0.2, 0.25) is 5.02 Å². The molecule has 10 heteroatoms. The number of nitrogens with zero attached hydrogens (tertiary/aromatic N) is 2. The molecule has 0 spiro atoms. The van der Waals surface area contributed by atoms with Gasteiger partial charge in [-0.3, -0.25) is 14.9 Å². The van der Waals surface area contributed by atoms with Gasteiger partial charge in [-0.25, -0.2) is 0 Å². The van der Waals surface area contributed by atoms with Gasteiger partial charge in [-0.2, -0.15) is 5.26 Å². The van der Waals surface area contributed by atoms with Crippen LogP contribution in [0.5, 0.6) is 17.2 Å². The lowest BCUT2D eigenvalue weighted by atomic mass is 10.1. The number of aromatic hydroxyl groups is 1. The van der Waals surface area contributed by atoms with Crippen LogP contribution in [0.4, 0.5) is 11.4 Å². The first kappa shape index (κ1) is 25.1. The maximum atomic E-state index is 12.5. The molecular formula is C25H20ClN3O6. The van der Waals surface area contributed by atoms with Gasteiger partial charge in [0.25, 0.3) is 11.6 Å². The highest BCUT2D eigenvalue weighted by Crippen LogP contribution is 2.38. The smallest absolute Gasteiger partial charge is 0.269 e. The minimum atomic E-state index is -0.640. The number of halogens is 1. The average Bonchev–Trinajstić information content (AvgIpc) is 2.83. The van der Waals surface area contributed by atoms with Gasteiger partial charge in [0.15, 0.2) is 11.5 Å². The highest BCUT2D eigenvalue weighted by molar-refractivity contribution is 6.32. The molecule has 0 aliphatic rings. The molecule has 3 rings (SSSR count). The first-order valence-electron chi connectivity index (χ1n) is 10.4. The molecule has 178 valence electrons. The molecule has 2 N–H and O–H groups in total. The van der Waals surface area contributed by atoms with E-state index in [-0.39, 0.29) is 40.1 Å². The summed E-state index contributed by atoms with van der Waals surface area (Å²) in [5.41, 5.74) is 1.17. The number of carbonyl (C=O) groups is 1. The lowest BCUT2D eigenvalue weighted by Gasteiger charge is -2.15. The fourth-order valence-electron chi connectivity index (χ4n) is 3.05. The van der Waals surface area contributed by atoms with E-state index in [1.807, 2.05) is 6.07 Å². The van der Waals surface area contributed by atoms with Crippen LogP contribution in [-0.2, 0) is 11.4 Å².